The molecule has 49 heavy (non-hydrogen) atoms. The summed E-state index contributed by atoms with van der Waals surface area (Å²) >= 11 is 0. The average molecular weight is 675 g/mol. The van der Waals surface area contributed by atoms with Crippen LogP contribution in [0.3, 0.4) is 0 Å². The number of methoxy groups -OCH3 is 6. The van der Waals surface area contributed by atoms with Crippen molar-refractivity contribution in [3.8, 4) is 57.3 Å². The minimum absolute atomic E-state index is 0.0274. The van der Waals surface area contributed by atoms with Crippen molar-refractivity contribution in [3.63, 3.8) is 0 Å². The highest BCUT2D eigenvalue weighted by Gasteiger charge is 2.53. The Bertz CT molecular complexity index is 1890. The van der Waals surface area contributed by atoms with Gasteiger partial charge in [0.2, 0.25) is 18.3 Å². The van der Waals surface area contributed by atoms with Gasteiger partial charge >= 0.3 is 5.97 Å². The fraction of sp³-hybridized carbons (Fsp3) is 0.343. The number of cyclic esters (lactones) is 1. The Morgan fingerprint density at radius 1 is 0.735 bits per heavy atom. The van der Waals surface area contributed by atoms with E-state index in [1.54, 1.807) is 12.1 Å². The molecule has 4 aromatic rings. The van der Waals surface area contributed by atoms with Gasteiger partial charge in [0, 0.05) is 23.5 Å². The van der Waals surface area contributed by atoms with Crippen LogP contribution in [0.1, 0.15) is 39.1 Å². The maximum Gasteiger partial charge on any atom is 0.310 e. The Kier molecular flexibility index (Phi) is 8.22. The number of benzene rings is 3. The lowest BCUT2D eigenvalue weighted by molar-refractivity contribution is -0.141. The molecular weight excluding hydrogens is 640 g/mol. The van der Waals surface area contributed by atoms with Crippen LogP contribution in [0.2, 0.25) is 0 Å². The van der Waals surface area contributed by atoms with Gasteiger partial charge in [0.05, 0.1) is 61.2 Å². The number of nitrogens with zero attached hydrogens (tertiary/aromatic N) is 1. The molecule has 256 valence electrons. The average Bonchev–Trinajstić information content (AvgIpc) is 3.90. The minimum atomic E-state index is -0.673. The van der Waals surface area contributed by atoms with Crippen LogP contribution >= 0.6 is 0 Å². The van der Waals surface area contributed by atoms with E-state index in [9.17, 15) is 9.59 Å². The van der Waals surface area contributed by atoms with E-state index < -0.39 is 35.7 Å². The number of hydrogen-bond donors (Lipinski definition) is 1. The third-order valence-electron chi connectivity index (χ3n) is 9.21. The van der Waals surface area contributed by atoms with Crippen molar-refractivity contribution in [2.45, 2.75) is 12.0 Å². The number of carbonyl (C=O) groups excluding carboxylic acids is 2. The normalized spacial score (nSPS) is 20.1. The number of rotatable bonds is 10. The molecule has 1 aliphatic carbocycles. The summed E-state index contributed by atoms with van der Waals surface area (Å²) in [5.74, 6) is 1.35. The first-order valence-electron chi connectivity index (χ1n) is 15.3. The molecule has 0 bridgehead atoms. The predicted octanol–water partition coefficient (Wildman–Crippen LogP) is 4.53. The number of amides is 1. The first-order chi connectivity index (χ1) is 23.8. The molecule has 7 rings (SSSR count). The molecule has 14 heteroatoms. The van der Waals surface area contributed by atoms with Crippen molar-refractivity contribution >= 4 is 11.9 Å². The lowest BCUT2D eigenvalue weighted by Crippen LogP contribution is -2.43. The molecule has 1 fully saturated rings. The van der Waals surface area contributed by atoms with Crippen molar-refractivity contribution in [3.05, 3.63) is 64.8 Å². The molecule has 1 aromatic heterocycles. The number of nitrogens with one attached hydrogen (secondary N) is 1. The second kappa shape index (κ2) is 12.7. The predicted molar refractivity (Wildman–Crippen MR) is 170 cm³/mol. The van der Waals surface area contributed by atoms with E-state index in [1.165, 1.54) is 48.7 Å². The van der Waals surface area contributed by atoms with E-state index in [2.05, 4.69) is 10.5 Å². The number of ether oxygens (including phenoxy) is 9. The SMILES string of the molecule is COc1cc(-c2cc(C(=O)N[C@@H]3c4cc5c(cc4[C@@H](c4cc(OC)c(OC)c(OC)c4)[C@H]4C(=O)OC[C@@H]43)OCO5)no2)cc(OC)c1OC. The summed E-state index contributed by atoms with van der Waals surface area (Å²) in [6, 6.07) is 11.6. The van der Waals surface area contributed by atoms with Crippen LogP contribution in [-0.2, 0) is 9.53 Å². The third kappa shape index (κ3) is 5.23. The van der Waals surface area contributed by atoms with E-state index in [1.807, 2.05) is 24.3 Å². The van der Waals surface area contributed by atoms with Crippen molar-refractivity contribution < 1.29 is 56.7 Å². The van der Waals surface area contributed by atoms with E-state index >= 15 is 0 Å². The molecule has 3 aliphatic rings. The van der Waals surface area contributed by atoms with Gasteiger partial charge in [0.25, 0.3) is 5.91 Å². The summed E-state index contributed by atoms with van der Waals surface area (Å²) in [7, 11) is 9.11. The molecule has 0 saturated carbocycles. The Morgan fingerprint density at radius 3 is 1.88 bits per heavy atom. The van der Waals surface area contributed by atoms with Crippen LogP contribution in [0.5, 0.6) is 46.0 Å². The Labute approximate surface area is 281 Å². The molecule has 2 aliphatic heterocycles. The number of esters is 1. The molecule has 1 N–H and O–H groups in total. The van der Waals surface area contributed by atoms with Crippen LogP contribution in [0.4, 0.5) is 0 Å². The van der Waals surface area contributed by atoms with Gasteiger partial charge in [-0.3, -0.25) is 9.59 Å². The van der Waals surface area contributed by atoms with Gasteiger partial charge in [-0.2, -0.15) is 0 Å². The highest BCUT2D eigenvalue weighted by molar-refractivity contribution is 5.94. The number of hydrogen-bond acceptors (Lipinski definition) is 13. The van der Waals surface area contributed by atoms with Crippen molar-refractivity contribution in [1.82, 2.24) is 10.5 Å². The first-order valence-corrected chi connectivity index (χ1v) is 15.3. The quantitative estimate of drug-likeness (QED) is 0.235. The van der Waals surface area contributed by atoms with Gasteiger partial charge in [-0.25, -0.2) is 0 Å². The number of carbonyl (C=O) groups is 2. The molecule has 0 unspecified atom stereocenters. The van der Waals surface area contributed by atoms with Crippen LogP contribution in [-0.4, -0.2) is 73.1 Å². The van der Waals surface area contributed by atoms with Crippen LogP contribution in [0.25, 0.3) is 11.3 Å². The smallest absolute Gasteiger partial charge is 0.310 e. The van der Waals surface area contributed by atoms with Crippen molar-refractivity contribution in [2.75, 3.05) is 56.1 Å². The Hall–Kier alpha value is -5.79. The topological polar surface area (TPSA) is 155 Å². The maximum atomic E-state index is 13.9. The van der Waals surface area contributed by atoms with Gasteiger partial charge in [0.15, 0.2) is 46.0 Å². The molecule has 14 nitrogen and oxygen atoms in total. The summed E-state index contributed by atoms with van der Waals surface area (Å²) in [5.41, 5.74) is 2.81. The minimum Gasteiger partial charge on any atom is -0.493 e. The molecule has 1 saturated heterocycles. The summed E-state index contributed by atoms with van der Waals surface area (Å²) in [4.78, 5) is 27.4. The fourth-order valence-electron chi connectivity index (χ4n) is 6.99. The van der Waals surface area contributed by atoms with E-state index in [0.717, 1.165) is 16.7 Å². The van der Waals surface area contributed by atoms with E-state index in [0.29, 0.717) is 57.3 Å². The first kappa shape index (κ1) is 31.8. The van der Waals surface area contributed by atoms with Gasteiger partial charge in [-0.05, 0) is 53.1 Å². The van der Waals surface area contributed by atoms with Crippen LogP contribution in [0, 0.1) is 11.8 Å². The molecule has 3 aromatic carbocycles. The molecule has 0 radical (unpaired) electrons. The second-order valence-electron chi connectivity index (χ2n) is 11.5. The zero-order chi connectivity index (χ0) is 34.4. The zero-order valence-corrected chi connectivity index (χ0v) is 27.6. The highest BCUT2D eigenvalue weighted by Crippen LogP contribution is 2.55. The highest BCUT2D eigenvalue weighted by atomic mass is 16.7. The number of fused-ring (bicyclic) bond motifs is 3. The molecule has 0 spiro atoms. The van der Waals surface area contributed by atoms with Crippen molar-refractivity contribution in [2.24, 2.45) is 11.8 Å². The summed E-state index contributed by atoms with van der Waals surface area (Å²) < 4.78 is 55.9. The molecule has 4 atom stereocenters. The summed E-state index contributed by atoms with van der Waals surface area (Å²) in [5, 5.41) is 7.17. The maximum absolute atomic E-state index is 13.9. The molecular formula is C35H34N2O12. The lowest BCUT2D eigenvalue weighted by atomic mass is 9.65. The molecule has 3 heterocycles. The van der Waals surface area contributed by atoms with Crippen LogP contribution in [0.15, 0.2) is 47.0 Å². The summed E-state index contributed by atoms with van der Waals surface area (Å²) in [6.45, 7) is 0.125. The van der Waals surface area contributed by atoms with E-state index in [-0.39, 0.29) is 19.1 Å². The van der Waals surface area contributed by atoms with E-state index in [4.69, 9.17) is 47.2 Å². The lowest BCUT2D eigenvalue weighted by Gasteiger charge is -2.39. The van der Waals surface area contributed by atoms with Gasteiger partial charge in [-0.1, -0.05) is 5.16 Å². The largest absolute Gasteiger partial charge is 0.493 e. The van der Waals surface area contributed by atoms with Gasteiger partial charge in [0.1, 0.15) is 0 Å². The Morgan fingerprint density at radius 2 is 1.31 bits per heavy atom. The second-order valence-corrected chi connectivity index (χ2v) is 11.5. The fourth-order valence-corrected chi connectivity index (χ4v) is 6.99. The standard InChI is InChI=1S/C35H34N2O12/c1-40-25-7-16(8-26(41-2)32(25)44-5)22-13-21(37-49-22)34(38)36-31-19-12-24-23(47-15-48-24)11-18(19)29(30-20(31)14-46-35(30)39)17-9-27(42-3)33(45-6)28(10-17)43-4/h7-13,20,29-31H,14-15H2,1-6H3,(H,36,38)/t20-,29+,30-,31+/m0/s1. The Balaban J connectivity index is 1.28. The van der Waals surface area contributed by atoms with Crippen LogP contribution < -0.4 is 43.2 Å². The molecule has 1 amide bonds. The number of aromatic nitrogens is 1. The van der Waals surface area contributed by atoms with Crippen molar-refractivity contribution in [1.29, 1.82) is 0 Å². The summed E-state index contributed by atoms with van der Waals surface area (Å²) in [6.07, 6.45) is 0. The van der Waals surface area contributed by atoms with Gasteiger partial charge in [-0.15, -0.1) is 0 Å². The monoisotopic (exact) mass is 674 g/mol. The van der Waals surface area contributed by atoms with Gasteiger partial charge < -0.3 is 52.5 Å². The zero-order valence-electron chi connectivity index (χ0n) is 27.6. The third-order valence-corrected chi connectivity index (χ3v) is 9.21.